The van der Waals surface area contributed by atoms with Crippen LogP contribution in [-0.4, -0.2) is 9.97 Å². The summed E-state index contributed by atoms with van der Waals surface area (Å²) in [5.41, 5.74) is 1.46. The van der Waals surface area contributed by atoms with Gasteiger partial charge in [0.05, 0.1) is 11.6 Å². The molecule has 1 heterocycles. The lowest BCUT2D eigenvalue weighted by Crippen LogP contribution is -2.00. The monoisotopic (exact) mass is 287 g/mol. The summed E-state index contributed by atoms with van der Waals surface area (Å²) in [6.45, 7) is 5.87. The molecular weight excluding hydrogens is 274 g/mol. The number of rotatable bonds is 3. The average molecular weight is 288 g/mol. The summed E-state index contributed by atoms with van der Waals surface area (Å²) in [5.74, 6) is 1.75. The van der Waals surface area contributed by atoms with Gasteiger partial charge < -0.3 is 4.74 Å². The highest BCUT2D eigenvalue weighted by Gasteiger charge is 2.10. The fraction of sp³-hybridized carbons (Fsp3) is 0.267. The Hall–Kier alpha value is -2.12. The maximum Gasteiger partial charge on any atom is 0.224 e. The molecule has 2 aromatic rings. The Labute approximate surface area is 123 Å². The van der Waals surface area contributed by atoms with E-state index in [-0.39, 0.29) is 5.92 Å². The van der Waals surface area contributed by atoms with Crippen LogP contribution >= 0.6 is 11.6 Å². The van der Waals surface area contributed by atoms with Gasteiger partial charge >= 0.3 is 0 Å². The molecule has 0 amide bonds. The summed E-state index contributed by atoms with van der Waals surface area (Å²) in [4.78, 5) is 8.48. The Morgan fingerprint density at radius 3 is 2.65 bits per heavy atom. The highest BCUT2D eigenvalue weighted by atomic mass is 35.5. The highest BCUT2D eigenvalue weighted by Crippen LogP contribution is 2.27. The second-order valence-corrected chi connectivity index (χ2v) is 5.12. The van der Waals surface area contributed by atoms with Crippen LogP contribution < -0.4 is 4.74 Å². The molecule has 102 valence electrons. The van der Waals surface area contributed by atoms with Gasteiger partial charge in [0.25, 0.3) is 0 Å². The van der Waals surface area contributed by atoms with E-state index in [9.17, 15) is 0 Å². The smallest absolute Gasteiger partial charge is 0.224 e. The Morgan fingerprint density at radius 2 is 2.00 bits per heavy atom. The summed E-state index contributed by atoms with van der Waals surface area (Å²) in [6.07, 6.45) is 0. The Kier molecular flexibility index (Phi) is 4.21. The Morgan fingerprint density at radius 1 is 1.25 bits per heavy atom. The van der Waals surface area contributed by atoms with Gasteiger partial charge in [0.1, 0.15) is 16.7 Å². The van der Waals surface area contributed by atoms with E-state index in [0.29, 0.717) is 28.2 Å². The molecule has 0 bridgehead atoms. The van der Waals surface area contributed by atoms with Crippen LogP contribution in [-0.2, 0) is 0 Å². The zero-order valence-electron chi connectivity index (χ0n) is 11.5. The lowest BCUT2D eigenvalue weighted by molar-refractivity contribution is 0.453. The molecule has 0 radical (unpaired) electrons. The molecule has 0 N–H and O–H groups in total. The molecule has 0 atom stereocenters. The van der Waals surface area contributed by atoms with Crippen molar-refractivity contribution in [2.45, 2.75) is 26.7 Å². The molecule has 4 nitrogen and oxygen atoms in total. The van der Waals surface area contributed by atoms with Crippen molar-refractivity contribution in [1.82, 2.24) is 9.97 Å². The number of benzene rings is 1. The predicted octanol–water partition coefficient (Wildman–Crippen LogP) is 4.23. The van der Waals surface area contributed by atoms with Crippen LogP contribution in [0.15, 0.2) is 24.3 Å². The van der Waals surface area contributed by atoms with Gasteiger partial charge in [0.15, 0.2) is 0 Å². The van der Waals surface area contributed by atoms with Crippen molar-refractivity contribution in [2.75, 3.05) is 0 Å². The van der Waals surface area contributed by atoms with Gasteiger partial charge in [-0.3, -0.25) is 0 Å². The first kappa shape index (κ1) is 14.3. The van der Waals surface area contributed by atoms with Crippen molar-refractivity contribution in [3.05, 3.63) is 46.4 Å². The van der Waals surface area contributed by atoms with Crippen LogP contribution in [0.3, 0.4) is 0 Å². The number of aromatic nitrogens is 2. The minimum atomic E-state index is 0.155. The minimum Gasteiger partial charge on any atom is -0.439 e. The third-order valence-corrected chi connectivity index (χ3v) is 2.93. The summed E-state index contributed by atoms with van der Waals surface area (Å²) < 4.78 is 5.74. The van der Waals surface area contributed by atoms with Crippen LogP contribution in [0, 0.1) is 18.3 Å². The van der Waals surface area contributed by atoms with Crippen molar-refractivity contribution in [2.24, 2.45) is 0 Å². The van der Waals surface area contributed by atoms with Crippen LogP contribution in [0.2, 0.25) is 5.15 Å². The summed E-state index contributed by atoms with van der Waals surface area (Å²) in [5, 5.41) is 9.27. The van der Waals surface area contributed by atoms with Gasteiger partial charge in [0.2, 0.25) is 5.88 Å². The molecule has 0 unspecified atom stereocenters. The molecule has 0 spiro atoms. The molecule has 0 saturated heterocycles. The van der Waals surface area contributed by atoms with Gasteiger partial charge in [-0.1, -0.05) is 31.5 Å². The number of halogens is 1. The number of hydrogen-bond acceptors (Lipinski definition) is 4. The predicted molar refractivity (Wildman–Crippen MR) is 77.1 cm³/mol. The fourth-order valence-corrected chi connectivity index (χ4v) is 1.80. The van der Waals surface area contributed by atoms with Crippen molar-refractivity contribution in [3.8, 4) is 17.7 Å². The normalized spacial score (nSPS) is 10.4. The highest BCUT2D eigenvalue weighted by molar-refractivity contribution is 6.29. The van der Waals surface area contributed by atoms with Gasteiger partial charge in [-0.2, -0.15) is 10.2 Å². The molecule has 1 aromatic heterocycles. The number of nitrogens with zero attached hydrogens (tertiary/aromatic N) is 3. The van der Waals surface area contributed by atoms with Crippen molar-refractivity contribution in [1.29, 1.82) is 5.26 Å². The van der Waals surface area contributed by atoms with E-state index in [4.69, 9.17) is 21.6 Å². The third-order valence-electron chi connectivity index (χ3n) is 2.74. The fourth-order valence-electron chi connectivity index (χ4n) is 1.62. The summed E-state index contributed by atoms with van der Waals surface area (Å²) in [6, 6.07) is 8.90. The summed E-state index contributed by atoms with van der Waals surface area (Å²) >= 11 is 5.98. The first-order chi connectivity index (χ1) is 9.49. The molecule has 5 heteroatoms. The SMILES string of the molecule is Cc1ccc(C#N)cc1Oc1cc(Cl)nc(C(C)C)n1. The topological polar surface area (TPSA) is 58.8 Å². The molecule has 20 heavy (non-hydrogen) atoms. The minimum absolute atomic E-state index is 0.155. The van der Waals surface area contributed by atoms with E-state index in [1.54, 1.807) is 18.2 Å². The zero-order chi connectivity index (χ0) is 14.7. The lowest BCUT2D eigenvalue weighted by atomic mass is 10.1. The van der Waals surface area contributed by atoms with Crippen LogP contribution in [0.5, 0.6) is 11.6 Å². The largest absolute Gasteiger partial charge is 0.439 e. The van der Waals surface area contributed by atoms with Crippen LogP contribution in [0.1, 0.15) is 36.7 Å². The van der Waals surface area contributed by atoms with Gasteiger partial charge in [-0.05, 0) is 24.6 Å². The number of aryl methyl sites for hydroxylation is 1. The third kappa shape index (κ3) is 3.25. The van der Waals surface area contributed by atoms with Crippen molar-refractivity contribution < 1.29 is 4.74 Å². The van der Waals surface area contributed by atoms with Crippen molar-refractivity contribution in [3.63, 3.8) is 0 Å². The molecule has 0 aliphatic rings. The van der Waals surface area contributed by atoms with E-state index < -0.39 is 0 Å². The van der Waals surface area contributed by atoms with Gasteiger partial charge in [0, 0.05) is 12.0 Å². The van der Waals surface area contributed by atoms with Crippen LogP contribution in [0.4, 0.5) is 0 Å². The zero-order valence-corrected chi connectivity index (χ0v) is 12.3. The van der Waals surface area contributed by atoms with Crippen LogP contribution in [0.25, 0.3) is 0 Å². The maximum atomic E-state index is 8.93. The van der Waals surface area contributed by atoms with E-state index in [0.717, 1.165) is 5.56 Å². The molecule has 2 rings (SSSR count). The Bertz CT molecular complexity index is 677. The van der Waals surface area contributed by atoms with Crippen molar-refractivity contribution >= 4 is 11.6 Å². The molecule has 0 saturated carbocycles. The van der Waals surface area contributed by atoms with E-state index >= 15 is 0 Å². The van der Waals surface area contributed by atoms with E-state index in [1.165, 1.54) is 0 Å². The van der Waals surface area contributed by atoms with E-state index in [1.807, 2.05) is 26.8 Å². The molecule has 0 fully saturated rings. The lowest BCUT2D eigenvalue weighted by Gasteiger charge is -2.10. The number of nitriles is 1. The number of hydrogen-bond donors (Lipinski definition) is 0. The average Bonchev–Trinajstić information content (AvgIpc) is 2.40. The molecule has 0 aliphatic carbocycles. The summed E-state index contributed by atoms with van der Waals surface area (Å²) in [7, 11) is 0. The second kappa shape index (κ2) is 5.89. The molecule has 1 aromatic carbocycles. The number of ether oxygens (including phenoxy) is 1. The molecule has 0 aliphatic heterocycles. The first-order valence-electron chi connectivity index (χ1n) is 6.22. The van der Waals surface area contributed by atoms with Gasteiger partial charge in [-0.25, -0.2) is 4.98 Å². The van der Waals surface area contributed by atoms with E-state index in [2.05, 4.69) is 16.0 Å². The standard InChI is InChI=1S/C15H14ClN3O/c1-9(2)15-18-13(16)7-14(19-15)20-12-6-11(8-17)5-4-10(12)3/h4-7,9H,1-3H3. The quantitative estimate of drug-likeness (QED) is 0.793. The first-order valence-corrected chi connectivity index (χ1v) is 6.60. The van der Waals surface area contributed by atoms with Gasteiger partial charge in [-0.15, -0.1) is 0 Å². The maximum absolute atomic E-state index is 8.93. The second-order valence-electron chi connectivity index (χ2n) is 4.74. The Balaban J connectivity index is 2.37. The molecular formula is C15H14ClN3O.